The molecule has 2 nitrogen and oxygen atoms in total. The standard InChI is InChI=1S/C13H16O2/c1-4-15-13-8-6-5-7-11(13)12(14)9-10(2)3/h5-9H,4H2,1-3H3. The summed E-state index contributed by atoms with van der Waals surface area (Å²) < 4.78 is 5.39. The van der Waals surface area contributed by atoms with E-state index in [1.54, 1.807) is 12.1 Å². The molecule has 1 aromatic rings. The van der Waals surface area contributed by atoms with Gasteiger partial charge in [-0.05, 0) is 39.0 Å². The van der Waals surface area contributed by atoms with Crippen molar-refractivity contribution in [3.05, 3.63) is 41.5 Å². The van der Waals surface area contributed by atoms with Crippen LogP contribution in [0.2, 0.25) is 0 Å². The van der Waals surface area contributed by atoms with Crippen LogP contribution < -0.4 is 4.74 Å². The molecule has 2 heteroatoms. The molecule has 0 bridgehead atoms. The molecule has 0 saturated heterocycles. The first kappa shape index (κ1) is 11.5. The first-order valence-electron chi connectivity index (χ1n) is 5.06. The summed E-state index contributed by atoms with van der Waals surface area (Å²) in [5.41, 5.74) is 1.62. The first-order chi connectivity index (χ1) is 7.15. The molecule has 0 radical (unpaired) electrons. The lowest BCUT2D eigenvalue weighted by Crippen LogP contribution is -2.01. The van der Waals surface area contributed by atoms with E-state index in [0.717, 1.165) is 5.57 Å². The van der Waals surface area contributed by atoms with E-state index in [0.29, 0.717) is 17.9 Å². The van der Waals surface area contributed by atoms with Gasteiger partial charge in [-0.15, -0.1) is 0 Å². The van der Waals surface area contributed by atoms with Crippen LogP contribution in [0.25, 0.3) is 0 Å². The van der Waals surface area contributed by atoms with Crippen LogP contribution in [0, 0.1) is 0 Å². The van der Waals surface area contributed by atoms with Crippen LogP contribution >= 0.6 is 0 Å². The van der Waals surface area contributed by atoms with Crippen molar-refractivity contribution in [2.45, 2.75) is 20.8 Å². The van der Waals surface area contributed by atoms with E-state index in [4.69, 9.17) is 4.74 Å². The largest absolute Gasteiger partial charge is 0.493 e. The number of para-hydroxylation sites is 1. The Morgan fingerprint density at radius 2 is 2.00 bits per heavy atom. The molecule has 0 atom stereocenters. The van der Waals surface area contributed by atoms with Crippen molar-refractivity contribution in [1.82, 2.24) is 0 Å². The van der Waals surface area contributed by atoms with Crippen molar-refractivity contribution < 1.29 is 9.53 Å². The third-order valence-electron chi connectivity index (χ3n) is 1.87. The zero-order valence-corrected chi connectivity index (χ0v) is 9.41. The Morgan fingerprint density at radius 1 is 1.33 bits per heavy atom. The van der Waals surface area contributed by atoms with E-state index in [2.05, 4.69) is 0 Å². The van der Waals surface area contributed by atoms with E-state index in [1.807, 2.05) is 39.0 Å². The SMILES string of the molecule is CCOc1ccccc1C(=O)C=C(C)C. The molecule has 0 heterocycles. The summed E-state index contributed by atoms with van der Waals surface area (Å²) in [5, 5.41) is 0. The molecule has 0 aliphatic heterocycles. The van der Waals surface area contributed by atoms with Gasteiger partial charge in [-0.3, -0.25) is 4.79 Å². The smallest absolute Gasteiger partial charge is 0.189 e. The molecule has 0 N–H and O–H groups in total. The lowest BCUT2D eigenvalue weighted by Gasteiger charge is -2.07. The van der Waals surface area contributed by atoms with Gasteiger partial charge in [-0.25, -0.2) is 0 Å². The van der Waals surface area contributed by atoms with Gasteiger partial charge in [0.1, 0.15) is 5.75 Å². The third kappa shape index (κ3) is 3.24. The summed E-state index contributed by atoms with van der Waals surface area (Å²) in [7, 11) is 0. The minimum atomic E-state index is -0.000880. The van der Waals surface area contributed by atoms with Gasteiger partial charge in [0.2, 0.25) is 0 Å². The van der Waals surface area contributed by atoms with E-state index in [1.165, 1.54) is 0 Å². The highest BCUT2D eigenvalue weighted by Crippen LogP contribution is 2.19. The topological polar surface area (TPSA) is 26.3 Å². The Bertz CT molecular complexity index is 374. The predicted octanol–water partition coefficient (Wildman–Crippen LogP) is 3.23. The van der Waals surface area contributed by atoms with E-state index in [9.17, 15) is 4.79 Å². The Kier molecular flexibility index (Phi) is 4.10. The quantitative estimate of drug-likeness (QED) is 0.556. The van der Waals surface area contributed by atoms with Gasteiger partial charge in [0.05, 0.1) is 12.2 Å². The second-order valence-corrected chi connectivity index (χ2v) is 3.52. The molecule has 0 aliphatic carbocycles. The van der Waals surface area contributed by atoms with E-state index >= 15 is 0 Å². The minimum absolute atomic E-state index is 0.000880. The van der Waals surface area contributed by atoms with Crippen molar-refractivity contribution >= 4 is 5.78 Å². The second kappa shape index (κ2) is 5.35. The monoisotopic (exact) mass is 204 g/mol. The fraction of sp³-hybridized carbons (Fsp3) is 0.308. The van der Waals surface area contributed by atoms with Crippen LogP contribution in [-0.4, -0.2) is 12.4 Å². The third-order valence-corrected chi connectivity index (χ3v) is 1.87. The normalized spacial score (nSPS) is 9.53. The summed E-state index contributed by atoms with van der Waals surface area (Å²) in [4.78, 5) is 11.8. The van der Waals surface area contributed by atoms with Crippen molar-refractivity contribution in [1.29, 1.82) is 0 Å². The van der Waals surface area contributed by atoms with Gasteiger partial charge in [-0.2, -0.15) is 0 Å². The Labute approximate surface area is 90.6 Å². The molecule has 15 heavy (non-hydrogen) atoms. The highest BCUT2D eigenvalue weighted by Gasteiger charge is 2.08. The summed E-state index contributed by atoms with van der Waals surface area (Å²) in [6, 6.07) is 7.31. The first-order valence-corrected chi connectivity index (χ1v) is 5.06. The average Bonchev–Trinajstić information content (AvgIpc) is 2.18. The zero-order chi connectivity index (χ0) is 11.3. The van der Waals surface area contributed by atoms with Gasteiger partial charge < -0.3 is 4.74 Å². The van der Waals surface area contributed by atoms with Crippen LogP contribution in [0.1, 0.15) is 31.1 Å². The zero-order valence-electron chi connectivity index (χ0n) is 9.41. The second-order valence-electron chi connectivity index (χ2n) is 3.52. The number of ether oxygens (including phenoxy) is 1. The maximum Gasteiger partial charge on any atom is 0.189 e. The van der Waals surface area contributed by atoms with Gasteiger partial charge in [0.15, 0.2) is 5.78 Å². The lowest BCUT2D eigenvalue weighted by molar-refractivity contribution is 0.104. The number of ketones is 1. The Morgan fingerprint density at radius 3 is 2.60 bits per heavy atom. The molecule has 0 spiro atoms. The van der Waals surface area contributed by atoms with E-state index in [-0.39, 0.29) is 5.78 Å². The molecule has 0 amide bonds. The molecule has 0 saturated carbocycles. The Balaban J connectivity index is 3.02. The van der Waals surface area contributed by atoms with Crippen LogP contribution in [0.3, 0.4) is 0 Å². The summed E-state index contributed by atoms with van der Waals surface area (Å²) in [5.74, 6) is 0.654. The van der Waals surface area contributed by atoms with E-state index < -0.39 is 0 Å². The highest BCUT2D eigenvalue weighted by molar-refractivity contribution is 6.06. The van der Waals surface area contributed by atoms with Crippen molar-refractivity contribution in [3.8, 4) is 5.75 Å². The maximum atomic E-state index is 11.8. The molecular formula is C13H16O2. The molecule has 0 aliphatic rings. The Hall–Kier alpha value is -1.57. The fourth-order valence-electron chi connectivity index (χ4n) is 1.29. The van der Waals surface area contributed by atoms with Gasteiger partial charge in [-0.1, -0.05) is 17.7 Å². The maximum absolute atomic E-state index is 11.8. The van der Waals surface area contributed by atoms with Crippen LogP contribution in [-0.2, 0) is 0 Å². The number of carbonyl (C=O) groups excluding carboxylic acids is 1. The molecule has 80 valence electrons. The number of benzene rings is 1. The molecule has 0 aromatic heterocycles. The average molecular weight is 204 g/mol. The predicted molar refractivity (Wildman–Crippen MR) is 61.4 cm³/mol. The minimum Gasteiger partial charge on any atom is -0.493 e. The van der Waals surface area contributed by atoms with Gasteiger partial charge in [0, 0.05) is 0 Å². The number of hydrogen-bond acceptors (Lipinski definition) is 2. The molecule has 1 aromatic carbocycles. The van der Waals surface area contributed by atoms with Gasteiger partial charge >= 0.3 is 0 Å². The fourth-order valence-corrected chi connectivity index (χ4v) is 1.29. The van der Waals surface area contributed by atoms with Crippen molar-refractivity contribution in [3.63, 3.8) is 0 Å². The van der Waals surface area contributed by atoms with Crippen molar-refractivity contribution in [2.75, 3.05) is 6.61 Å². The van der Waals surface area contributed by atoms with Gasteiger partial charge in [0.25, 0.3) is 0 Å². The number of rotatable bonds is 4. The molecule has 0 fully saturated rings. The van der Waals surface area contributed by atoms with Crippen LogP contribution in [0.5, 0.6) is 5.75 Å². The molecule has 1 rings (SSSR count). The van der Waals surface area contributed by atoms with Crippen molar-refractivity contribution in [2.24, 2.45) is 0 Å². The summed E-state index contributed by atoms with van der Waals surface area (Å²) in [6.45, 7) is 6.28. The van der Waals surface area contributed by atoms with Crippen LogP contribution in [0.15, 0.2) is 35.9 Å². The molecule has 0 unspecified atom stereocenters. The number of hydrogen-bond donors (Lipinski definition) is 0. The summed E-state index contributed by atoms with van der Waals surface area (Å²) >= 11 is 0. The number of allylic oxidation sites excluding steroid dienone is 2. The van der Waals surface area contributed by atoms with Crippen LogP contribution in [0.4, 0.5) is 0 Å². The molecular weight excluding hydrogens is 188 g/mol. The lowest BCUT2D eigenvalue weighted by atomic mass is 10.1. The highest BCUT2D eigenvalue weighted by atomic mass is 16.5. The summed E-state index contributed by atoms with van der Waals surface area (Å²) in [6.07, 6.45) is 1.62. The number of carbonyl (C=O) groups is 1.